The van der Waals surface area contributed by atoms with Crippen molar-refractivity contribution < 1.29 is 19.8 Å². The second-order valence-corrected chi connectivity index (χ2v) is 4.82. The van der Waals surface area contributed by atoms with Crippen molar-refractivity contribution in [2.75, 3.05) is 0 Å². The first-order valence-electron chi connectivity index (χ1n) is 4.84. The van der Waals surface area contributed by atoms with Crippen molar-refractivity contribution in [2.24, 2.45) is 0 Å². The second-order valence-electron chi connectivity index (χ2n) is 3.50. The number of hydrogen-bond acceptors (Lipinski definition) is 3. The van der Waals surface area contributed by atoms with E-state index in [1.165, 1.54) is 18.2 Å². The average molecular weight is 283 g/mol. The molecule has 4 nitrogen and oxygen atoms in total. The Labute approximate surface area is 111 Å². The summed E-state index contributed by atoms with van der Waals surface area (Å²) >= 11 is 6.96. The van der Waals surface area contributed by atoms with E-state index in [2.05, 4.69) is 0 Å². The van der Waals surface area contributed by atoms with Crippen molar-refractivity contribution in [1.29, 1.82) is 0 Å². The number of hydrogen-bond donors (Lipinski definition) is 2. The molecule has 0 aliphatic carbocycles. The Morgan fingerprint density at radius 2 is 1.78 bits per heavy atom. The summed E-state index contributed by atoms with van der Waals surface area (Å²) in [5, 5.41) is 19.5. The van der Waals surface area contributed by atoms with Gasteiger partial charge >= 0.3 is 11.9 Å². The lowest BCUT2D eigenvalue weighted by molar-refractivity contribution is 0.0688. The van der Waals surface area contributed by atoms with Crippen LogP contribution in [0.4, 0.5) is 0 Å². The van der Waals surface area contributed by atoms with Gasteiger partial charge in [-0.25, -0.2) is 9.59 Å². The van der Waals surface area contributed by atoms with Crippen molar-refractivity contribution >= 4 is 34.9 Å². The standard InChI is InChI=1S/C12H7ClO4S/c13-9-3-6(1-2-8(9)11(14)15)7-4-10(12(16)17)18-5-7/h1-5H,(H,14,15)(H,16,17). The van der Waals surface area contributed by atoms with Crippen LogP contribution in [0.5, 0.6) is 0 Å². The molecule has 0 unspecified atom stereocenters. The van der Waals surface area contributed by atoms with E-state index in [1.807, 2.05) is 0 Å². The summed E-state index contributed by atoms with van der Waals surface area (Å²) in [6, 6.07) is 6.04. The lowest BCUT2D eigenvalue weighted by Crippen LogP contribution is -1.96. The van der Waals surface area contributed by atoms with Crippen LogP contribution in [0.15, 0.2) is 29.6 Å². The van der Waals surface area contributed by atoms with E-state index in [-0.39, 0.29) is 15.5 Å². The smallest absolute Gasteiger partial charge is 0.345 e. The molecule has 0 atom stereocenters. The summed E-state index contributed by atoms with van der Waals surface area (Å²) in [7, 11) is 0. The van der Waals surface area contributed by atoms with Gasteiger partial charge in [-0.1, -0.05) is 17.7 Å². The summed E-state index contributed by atoms with van der Waals surface area (Å²) in [5.41, 5.74) is 1.42. The number of carboxylic acids is 2. The Hall–Kier alpha value is -1.85. The lowest BCUT2D eigenvalue weighted by Gasteiger charge is -2.02. The van der Waals surface area contributed by atoms with Crippen LogP contribution in [0.25, 0.3) is 11.1 Å². The maximum Gasteiger partial charge on any atom is 0.345 e. The van der Waals surface area contributed by atoms with Crippen molar-refractivity contribution in [3.63, 3.8) is 0 Å². The molecule has 0 aliphatic rings. The third-order valence-corrected chi connectivity index (χ3v) is 3.57. The van der Waals surface area contributed by atoms with E-state index >= 15 is 0 Å². The van der Waals surface area contributed by atoms with Gasteiger partial charge in [-0.3, -0.25) is 0 Å². The maximum absolute atomic E-state index is 10.8. The van der Waals surface area contributed by atoms with Gasteiger partial charge in [0.1, 0.15) is 4.88 Å². The molecule has 0 fully saturated rings. The maximum atomic E-state index is 10.8. The predicted octanol–water partition coefficient (Wildman–Crippen LogP) is 3.46. The molecule has 2 aromatic rings. The van der Waals surface area contributed by atoms with Crippen LogP contribution in [-0.2, 0) is 0 Å². The molecule has 0 aliphatic heterocycles. The molecule has 2 N–H and O–H groups in total. The Balaban J connectivity index is 2.42. The first-order chi connectivity index (χ1) is 8.49. The van der Waals surface area contributed by atoms with Crippen LogP contribution in [0.2, 0.25) is 5.02 Å². The fourth-order valence-corrected chi connectivity index (χ4v) is 2.48. The molecule has 92 valence electrons. The Bertz CT molecular complexity index is 633. The molecule has 1 aromatic heterocycles. The quantitative estimate of drug-likeness (QED) is 0.904. The number of carbonyl (C=O) groups is 2. The van der Waals surface area contributed by atoms with Crippen LogP contribution >= 0.6 is 22.9 Å². The molecule has 0 spiro atoms. The van der Waals surface area contributed by atoms with Gasteiger partial charge in [-0.2, -0.15) is 0 Å². The van der Waals surface area contributed by atoms with Crippen molar-refractivity contribution in [1.82, 2.24) is 0 Å². The lowest BCUT2D eigenvalue weighted by atomic mass is 10.1. The van der Waals surface area contributed by atoms with Crippen LogP contribution in [0, 0.1) is 0 Å². The van der Waals surface area contributed by atoms with Gasteiger partial charge in [0.15, 0.2) is 0 Å². The highest BCUT2D eigenvalue weighted by Crippen LogP contribution is 2.29. The first kappa shape index (κ1) is 12.6. The Morgan fingerprint density at radius 1 is 1.06 bits per heavy atom. The average Bonchev–Trinajstić information content (AvgIpc) is 2.77. The minimum absolute atomic E-state index is 0.0223. The van der Waals surface area contributed by atoms with E-state index in [0.717, 1.165) is 11.3 Å². The van der Waals surface area contributed by atoms with Gasteiger partial charge in [0.05, 0.1) is 10.6 Å². The normalized spacial score (nSPS) is 10.3. The summed E-state index contributed by atoms with van der Waals surface area (Å²) in [6.45, 7) is 0. The Kier molecular flexibility index (Phi) is 3.36. The minimum Gasteiger partial charge on any atom is -0.478 e. The van der Waals surface area contributed by atoms with Gasteiger partial charge in [-0.15, -0.1) is 11.3 Å². The van der Waals surface area contributed by atoms with Crippen molar-refractivity contribution in [3.8, 4) is 11.1 Å². The summed E-state index contributed by atoms with van der Waals surface area (Å²) < 4.78 is 0. The zero-order chi connectivity index (χ0) is 13.3. The molecule has 0 bridgehead atoms. The van der Waals surface area contributed by atoms with Gasteiger partial charge < -0.3 is 10.2 Å². The van der Waals surface area contributed by atoms with Crippen molar-refractivity contribution in [2.45, 2.75) is 0 Å². The van der Waals surface area contributed by atoms with Gasteiger partial charge in [0, 0.05) is 0 Å². The summed E-state index contributed by atoms with van der Waals surface area (Å²) in [6.07, 6.45) is 0. The number of carboxylic acid groups (broad SMARTS) is 2. The number of benzene rings is 1. The van der Waals surface area contributed by atoms with E-state index < -0.39 is 11.9 Å². The fourth-order valence-electron chi connectivity index (χ4n) is 1.47. The van der Waals surface area contributed by atoms with E-state index in [0.29, 0.717) is 11.1 Å². The van der Waals surface area contributed by atoms with Gasteiger partial charge in [-0.05, 0) is 34.7 Å². The molecule has 0 saturated heterocycles. The zero-order valence-electron chi connectivity index (χ0n) is 8.88. The zero-order valence-corrected chi connectivity index (χ0v) is 10.5. The monoisotopic (exact) mass is 282 g/mol. The third kappa shape index (κ3) is 2.37. The molecule has 1 heterocycles. The highest BCUT2D eigenvalue weighted by atomic mass is 35.5. The first-order valence-corrected chi connectivity index (χ1v) is 6.10. The number of thiophene rings is 1. The van der Waals surface area contributed by atoms with Gasteiger partial charge in [0.2, 0.25) is 0 Å². The van der Waals surface area contributed by atoms with Crippen LogP contribution < -0.4 is 0 Å². The van der Waals surface area contributed by atoms with Gasteiger partial charge in [0.25, 0.3) is 0 Å². The highest BCUT2D eigenvalue weighted by molar-refractivity contribution is 7.12. The largest absolute Gasteiger partial charge is 0.478 e. The molecule has 0 saturated carbocycles. The summed E-state index contributed by atoms with van der Waals surface area (Å²) in [4.78, 5) is 21.8. The number of aromatic carboxylic acids is 2. The number of halogens is 1. The molecule has 0 amide bonds. The molecule has 1 aromatic carbocycles. The summed E-state index contributed by atoms with van der Waals surface area (Å²) in [5.74, 6) is -2.08. The predicted molar refractivity (Wildman–Crippen MR) is 68.7 cm³/mol. The highest BCUT2D eigenvalue weighted by Gasteiger charge is 2.12. The molecular weight excluding hydrogens is 276 g/mol. The minimum atomic E-state index is -1.09. The fraction of sp³-hybridized carbons (Fsp3) is 0. The van der Waals surface area contributed by atoms with E-state index in [9.17, 15) is 9.59 Å². The molecule has 2 rings (SSSR count). The number of rotatable bonds is 3. The molecule has 6 heteroatoms. The van der Waals surface area contributed by atoms with Crippen LogP contribution in [0.3, 0.4) is 0 Å². The molecule has 18 heavy (non-hydrogen) atoms. The second kappa shape index (κ2) is 4.80. The van der Waals surface area contributed by atoms with Crippen LogP contribution in [-0.4, -0.2) is 22.2 Å². The molecular formula is C12H7ClO4S. The SMILES string of the molecule is O=C(O)c1cc(-c2ccc(C(=O)O)c(Cl)c2)cs1. The van der Waals surface area contributed by atoms with E-state index in [1.54, 1.807) is 11.4 Å². The van der Waals surface area contributed by atoms with E-state index in [4.69, 9.17) is 21.8 Å². The van der Waals surface area contributed by atoms with Crippen LogP contribution in [0.1, 0.15) is 20.0 Å². The topological polar surface area (TPSA) is 74.6 Å². The third-order valence-electron chi connectivity index (χ3n) is 2.34. The van der Waals surface area contributed by atoms with Crippen molar-refractivity contribution in [3.05, 3.63) is 45.1 Å². The molecule has 0 radical (unpaired) electrons. The Morgan fingerprint density at radius 3 is 2.28 bits per heavy atom.